The summed E-state index contributed by atoms with van der Waals surface area (Å²) in [4.78, 5) is 24.3. The summed E-state index contributed by atoms with van der Waals surface area (Å²) < 4.78 is 5.67. The minimum Gasteiger partial charge on any atom is -0.462 e. The largest absolute Gasteiger partial charge is 0.462 e. The minimum absolute atomic E-state index is 0.215. The van der Waals surface area contributed by atoms with E-state index in [1.807, 2.05) is 11.4 Å². The number of halogens is 1. The van der Waals surface area contributed by atoms with Crippen LogP contribution in [-0.2, 0) is 4.74 Å². The Morgan fingerprint density at radius 2 is 2.15 bits per heavy atom. The van der Waals surface area contributed by atoms with E-state index in [-0.39, 0.29) is 5.91 Å². The van der Waals surface area contributed by atoms with Gasteiger partial charge in [-0.2, -0.15) is 0 Å². The van der Waals surface area contributed by atoms with Crippen LogP contribution in [0.4, 0.5) is 5.69 Å². The van der Waals surface area contributed by atoms with Crippen LogP contribution in [0.15, 0.2) is 40.2 Å². The maximum Gasteiger partial charge on any atom is 0.338 e. The van der Waals surface area contributed by atoms with Crippen LogP contribution in [0.1, 0.15) is 27.0 Å². The van der Waals surface area contributed by atoms with Crippen LogP contribution in [0.25, 0.3) is 0 Å². The number of benzene rings is 1. The molecule has 0 atom stereocenters. The molecule has 0 saturated carbocycles. The van der Waals surface area contributed by atoms with Crippen LogP contribution in [0, 0.1) is 0 Å². The van der Waals surface area contributed by atoms with Crippen molar-refractivity contribution >= 4 is 44.8 Å². The number of anilines is 1. The number of ether oxygens (including phenoxy) is 1. The first-order chi connectivity index (χ1) is 9.61. The maximum atomic E-state index is 12.1. The number of thiophene rings is 1. The lowest BCUT2D eigenvalue weighted by Crippen LogP contribution is -2.12. The van der Waals surface area contributed by atoms with Crippen LogP contribution >= 0.6 is 27.3 Å². The Labute approximate surface area is 128 Å². The van der Waals surface area contributed by atoms with E-state index in [4.69, 9.17) is 4.74 Å². The molecule has 0 aliphatic rings. The SMILES string of the molecule is CCOC(=O)c1cccc(NC(=O)c2sccc2Br)c1. The molecule has 6 heteroatoms. The molecule has 20 heavy (non-hydrogen) atoms. The number of carbonyl (C=O) groups excluding carboxylic acids is 2. The number of hydrogen-bond acceptors (Lipinski definition) is 4. The second-order valence-electron chi connectivity index (χ2n) is 3.85. The molecule has 0 fully saturated rings. The number of nitrogens with one attached hydrogen (secondary N) is 1. The highest BCUT2D eigenvalue weighted by molar-refractivity contribution is 9.10. The van der Waals surface area contributed by atoms with E-state index < -0.39 is 5.97 Å². The van der Waals surface area contributed by atoms with Gasteiger partial charge in [-0.1, -0.05) is 6.07 Å². The van der Waals surface area contributed by atoms with Crippen LogP contribution in [0.5, 0.6) is 0 Å². The van der Waals surface area contributed by atoms with Crippen LogP contribution in [-0.4, -0.2) is 18.5 Å². The van der Waals surface area contributed by atoms with E-state index >= 15 is 0 Å². The fourth-order valence-electron chi connectivity index (χ4n) is 1.58. The van der Waals surface area contributed by atoms with Crippen molar-refractivity contribution in [2.45, 2.75) is 6.92 Å². The summed E-state index contributed by atoms with van der Waals surface area (Å²) in [5.41, 5.74) is 0.968. The quantitative estimate of drug-likeness (QED) is 0.847. The molecule has 0 unspecified atom stereocenters. The summed E-state index contributed by atoms with van der Waals surface area (Å²) >= 11 is 4.66. The normalized spacial score (nSPS) is 10.1. The van der Waals surface area contributed by atoms with Crippen molar-refractivity contribution in [1.29, 1.82) is 0 Å². The summed E-state index contributed by atoms with van der Waals surface area (Å²) in [7, 11) is 0. The van der Waals surface area contributed by atoms with Crippen molar-refractivity contribution in [3.8, 4) is 0 Å². The van der Waals surface area contributed by atoms with Gasteiger partial charge < -0.3 is 10.1 Å². The molecule has 0 radical (unpaired) electrons. The molecule has 2 aromatic rings. The Kier molecular flexibility index (Phi) is 4.92. The first-order valence-corrected chi connectivity index (χ1v) is 7.60. The van der Waals surface area contributed by atoms with Crippen molar-refractivity contribution in [3.05, 3.63) is 50.6 Å². The summed E-state index contributed by atoms with van der Waals surface area (Å²) in [5, 5.41) is 4.58. The zero-order chi connectivity index (χ0) is 14.5. The van der Waals surface area contributed by atoms with Crippen LogP contribution in [0.2, 0.25) is 0 Å². The lowest BCUT2D eigenvalue weighted by Gasteiger charge is -2.06. The van der Waals surface area contributed by atoms with Crippen molar-refractivity contribution < 1.29 is 14.3 Å². The number of carbonyl (C=O) groups is 2. The second kappa shape index (κ2) is 6.67. The standard InChI is InChI=1S/C14H12BrNO3S/c1-2-19-14(18)9-4-3-5-10(8-9)16-13(17)12-11(15)6-7-20-12/h3-8H,2H2,1H3,(H,16,17). The van der Waals surface area contributed by atoms with Gasteiger partial charge in [0, 0.05) is 10.2 Å². The molecule has 0 aliphatic heterocycles. The maximum absolute atomic E-state index is 12.1. The number of esters is 1. The first-order valence-electron chi connectivity index (χ1n) is 5.93. The van der Waals surface area contributed by atoms with Gasteiger partial charge in [-0.3, -0.25) is 4.79 Å². The monoisotopic (exact) mass is 353 g/mol. The topological polar surface area (TPSA) is 55.4 Å². The molecule has 1 N–H and O–H groups in total. The zero-order valence-electron chi connectivity index (χ0n) is 10.7. The average molecular weight is 354 g/mol. The Balaban J connectivity index is 2.14. The Hall–Kier alpha value is -1.66. The van der Waals surface area contributed by atoms with E-state index in [1.54, 1.807) is 31.2 Å². The number of amides is 1. The van der Waals surface area contributed by atoms with E-state index in [9.17, 15) is 9.59 Å². The molecule has 0 aliphatic carbocycles. The molecular weight excluding hydrogens is 342 g/mol. The molecule has 1 amide bonds. The van der Waals surface area contributed by atoms with Gasteiger partial charge in [0.2, 0.25) is 0 Å². The summed E-state index contributed by atoms with van der Waals surface area (Å²) in [6.07, 6.45) is 0. The summed E-state index contributed by atoms with van der Waals surface area (Å²) in [6, 6.07) is 8.48. The predicted octanol–water partition coefficient (Wildman–Crippen LogP) is 3.94. The van der Waals surface area contributed by atoms with E-state index in [0.717, 1.165) is 4.47 Å². The Morgan fingerprint density at radius 1 is 1.35 bits per heavy atom. The molecule has 1 aromatic heterocycles. The van der Waals surface area contributed by atoms with Gasteiger partial charge in [0.25, 0.3) is 5.91 Å². The molecule has 0 spiro atoms. The second-order valence-corrected chi connectivity index (χ2v) is 5.62. The lowest BCUT2D eigenvalue weighted by molar-refractivity contribution is 0.0526. The molecule has 1 heterocycles. The summed E-state index contributed by atoms with van der Waals surface area (Å²) in [6.45, 7) is 2.06. The molecule has 2 rings (SSSR count). The van der Waals surface area contributed by atoms with Crippen molar-refractivity contribution in [3.63, 3.8) is 0 Å². The molecular formula is C14H12BrNO3S. The van der Waals surface area contributed by atoms with E-state index in [0.29, 0.717) is 22.7 Å². The van der Waals surface area contributed by atoms with Gasteiger partial charge in [0.15, 0.2) is 0 Å². The highest BCUT2D eigenvalue weighted by Gasteiger charge is 2.13. The van der Waals surface area contributed by atoms with Gasteiger partial charge in [-0.15, -0.1) is 11.3 Å². The highest BCUT2D eigenvalue weighted by Crippen LogP contribution is 2.24. The van der Waals surface area contributed by atoms with Crippen molar-refractivity contribution in [2.75, 3.05) is 11.9 Å². The zero-order valence-corrected chi connectivity index (χ0v) is 13.1. The average Bonchev–Trinajstić information content (AvgIpc) is 2.85. The third kappa shape index (κ3) is 3.46. The van der Waals surface area contributed by atoms with Gasteiger partial charge in [0.05, 0.1) is 12.2 Å². The van der Waals surface area contributed by atoms with E-state index in [1.165, 1.54) is 11.3 Å². The number of rotatable bonds is 4. The molecule has 0 saturated heterocycles. The predicted molar refractivity (Wildman–Crippen MR) is 82.4 cm³/mol. The van der Waals surface area contributed by atoms with Crippen LogP contribution in [0.3, 0.4) is 0 Å². The summed E-state index contributed by atoms with van der Waals surface area (Å²) in [5.74, 6) is -0.617. The molecule has 1 aromatic carbocycles. The van der Waals surface area contributed by atoms with Gasteiger partial charge in [-0.25, -0.2) is 4.79 Å². The third-order valence-corrected chi connectivity index (χ3v) is 4.29. The fourth-order valence-corrected chi connectivity index (χ4v) is 3.03. The first kappa shape index (κ1) is 14.7. The van der Waals surface area contributed by atoms with Gasteiger partial charge in [0.1, 0.15) is 4.88 Å². The van der Waals surface area contributed by atoms with Crippen molar-refractivity contribution in [2.24, 2.45) is 0 Å². The van der Waals surface area contributed by atoms with Gasteiger partial charge in [-0.05, 0) is 52.5 Å². The third-order valence-electron chi connectivity index (χ3n) is 2.45. The van der Waals surface area contributed by atoms with Gasteiger partial charge >= 0.3 is 5.97 Å². The lowest BCUT2D eigenvalue weighted by atomic mass is 10.2. The minimum atomic E-state index is -0.402. The Morgan fingerprint density at radius 3 is 2.80 bits per heavy atom. The Bertz CT molecular complexity index is 639. The molecule has 104 valence electrons. The highest BCUT2D eigenvalue weighted by atomic mass is 79.9. The molecule has 0 bridgehead atoms. The van der Waals surface area contributed by atoms with Crippen molar-refractivity contribution in [1.82, 2.24) is 0 Å². The smallest absolute Gasteiger partial charge is 0.338 e. The van der Waals surface area contributed by atoms with E-state index in [2.05, 4.69) is 21.2 Å². The molecule has 4 nitrogen and oxygen atoms in total. The number of hydrogen-bond donors (Lipinski definition) is 1. The fraction of sp³-hybridized carbons (Fsp3) is 0.143. The van der Waals surface area contributed by atoms with Crippen LogP contribution < -0.4 is 5.32 Å².